The first kappa shape index (κ1) is 26.1. The number of hydrogen-bond donors (Lipinski definition) is 0. The molecule has 0 spiro atoms. The Kier molecular flexibility index (Phi) is 7.88. The SMILES string of the molecule is COC(=O)C1=C(C)N=C2SC=C(CC(=O)N3CCC(Cc4ccccc4)CC3)N2[C@@H]1c1ccccc1OC. The van der Waals surface area contributed by atoms with Gasteiger partial charge in [-0.3, -0.25) is 4.79 Å². The van der Waals surface area contributed by atoms with Crippen LogP contribution in [0.1, 0.15) is 43.4 Å². The van der Waals surface area contributed by atoms with Crippen molar-refractivity contribution >= 4 is 28.8 Å². The average molecular weight is 532 g/mol. The molecule has 2 aromatic carbocycles. The van der Waals surface area contributed by atoms with Crippen molar-refractivity contribution in [2.45, 2.75) is 38.6 Å². The molecule has 0 aliphatic carbocycles. The van der Waals surface area contributed by atoms with Crippen LogP contribution < -0.4 is 4.74 Å². The van der Waals surface area contributed by atoms with Crippen molar-refractivity contribution in [3.63, 3.8) is 0 Å². The molecule has 1 fully saturated rings. The topological polar surface area (TPSA) is 71.4 Å². The molecule has 1 atom stereocenters. The smallest absolute Gasteiger partial charge is 0.338 e. The number of amides is 1. The van der Waals surface area contributed by atoms with E-state index in [0.29, 0.717) is 22.9 Å². The van der Waals surface area contributed by atoms with Gasteiger partial charge in [0.2, 0.25) is 5.91 Å². The number of methoxy groups -OCH3 is 2. The van der Waals surface area contributed by atoms with Crippen molar-refractivity contribution in [2.24, 2.45) is 10.9 Å². The minimum absolute atomic E-state index is 0.0981. The van der Waals surface area contributed by atoms with Gasteiger partial charge in [-0.2, -0.15) is 0 Å². The first-order valence-electron chi connectivity index (χ1n) is 13.0. The molecule has 0 N–H and O–H groups in total. The van der Waals surface area contributed by atoms with Crippen molar-refractivity contribution in [3.05, 3.63) is 88.1 Å². The number of nitrogens with zero attached hydrogens (tertiary/aromatic N) is 3. The van der Waals surface area contributed by atoms with Crippen molar-refractivity contribution in [2.75, 3.05) is 27.3 Å². The molecular formula is C30H33N3O4S. The van der Waals surface area contributed by atoms with Gasteiger partial charge in [-0.1, -0.05) is 60.3 Å². The van der Waals surface area contributed by atoms with Gasteiger partial charge in [0.1, 0.15) is 5.75 Å². The molecular weight excluding hydrogens is 498 g/mol. The molecule has 1 saturated heterocycles. The monoisotopic (exact) mass is 531 g/mol. The highest BCUT2D eigenvalue weighted by atomic mass is 32.2. The minimum Gasteiger partial charge on any atom is -0.496 e. The summed E-state index contributed by atoms with van der Waals surface area (Å²) in [4.78, 5) is 35.1. The summed E-state index contributed by atoms with van der Waals surface area (Å²) in [6.45, 7) is 3.35. The third kappa shape index (κ3) is 5.23. The van der Waals surface area contributed by atoms with E-state index in [1.54, 1.807) is 7.11 Å². The van der Waals surface area contributed by atoms with E-state index in [1.807, 2.05) is 52.5 Å². The normalized spacial score (nSPS) is 19.6. The van der Waals surface area contributed by atoms with Gasteiger partial charge >= 0.3 is 5.97 Å². The number of aliphatic imine (C=N–C) groups is 1. The van der Waals surface area contributed by atoms with Crippen LogP contribution in [0.5, 0.6) is 5.75 Å². The highest BCUT2D eigenvalue weighted by molar-refractivity contribution is 8.16. The third-order valence-electron chi connectivity index (χ3n) is 7.51. The summed E-state index contributed by atoms with van der Waals surface area (Å²) in [5.74, 6) is 0.912. The predicted molar refractivity (Wildman–Crippen MR) is 149 cm³/mol. The van der Waals surface area contributed by atoms with Gasteiger partial charge in [0.25, 0.3) is 0 Å². The van der Waals surface area contributed by atoms with Crippen LogP contribution >= 0.6 is 11.8 Å². The average Bonchev–Trinajstić information content (AvgIpc) is 3.34. The molecule has 3 aliphatic rings. The number of rotatable bonds is 7. The molecule has 0 radical (unpaired) electrons. The molecule has 8 heteroatoms. The van der Waals surface area contributed by atoms with E-state index in [4.69, 9.17) is 14.5 Å². The van der Waals surface area contributed by atoms with E-state index in [0.717, 1.165) is 48.8 Å². The number of thioether (sulfide) groups is 1. The van der Waals surface area contributed by atoms with Gasteiger partial charge in [-0.25, -0.2) is 9.79 Å². The summed E-state index contributed by atoms with van der Waals surface area (Å²) in [6.07, 6.45) is 3.31. The predicted octanol–water partition coefficient (Wildman–Crippen LogP) is 5.31. The summed E-state index contributed by atoms with van der Waals surface area (Å²) in [5.41, 5.74) is 4.06. The maximum Gasteiger partial charge on any atom is 0.338 e. The van der Waals surface area contributed by atoms with Gasteiger partial charge in [-0.05, 0) is 49.1 Å². The summed E-state index contributed by atoms with van der Waals surface area (Å²) < 4.78 is 10.8. The van der Waals surface area contributed by atoms with Crippen molar-refractivity contribution in [1.29, 1.82) is 0 Å². The first-order chi connectivity index (χ1) is 18.5. The summed E-state index contributed by atoms with van der Waals surface area (Å²) >= 11 is 1.48. The molecule has 0 saturated carbocycles. The van der Waals surface area contributed by atoms with Gasteiger partial charge in [-0.15, -0.1) is 0 Å². The summed E-state index contributed by atoms with van der Waals surface area (Å²) in [7, 11) is 2.99. The molecule has 5 rings (SSSR count). The van der Waals surface area contributed by atoms with E-state index in [2.05, 4.69) is 24.3 Å². The maximum absolute atomic E-state index is 13.5. The van der Waals surface area contributed by atoms with Gasteiger partial charge in [0.05, 0.1) is 38.0 Å². The number of fused-ring (bicyclic) bond motifs is 1. The molecule has 0 unspecified atom stereocenters. The fraction of sp³-hybridized carbons (Fsp3) is 0.367. The number of para-hydroxylation sites is 1. The van der Waals surface area contributed by atoms with E-state index in [1.165, 1.54) is 24.4 Å². The molecule has 3 aliphatic heterocycles. The second kappa shape index (κ2) is 11.5. The highest BCUT2D eigenvalue weighted by Gasteiger charge is 2.42. The molecule has 7 nitrogen and oxygen atoms in total. The summed E-state index contributed by atoms with van der Waals surface area (Å²) in [6, 6.07) is 17.7. The van der Waals surface area contributed by atoms with Crippen molar-refractivity contribution in [1.82, 2.24) is 9.80 Å². The van der Waals surface area contributed by atoms with E-state index >= 15 is 0 Å². The van der Waals surface area contributed by atoms with Crippen LogP contribution in [-0.4, -0.2) is 54.2 Å². The van der Waals surface area contributed by atoms with Gasteiger partial charge in [0.15, 0.2) is 5.17 Å². The van der Waals surface area contributed by atoms with Crippen LogP contribution in [0.25, 0.3) is 0 Å². The number of piperidine rings is 1. The van der Waals surface area contributed by atoms with Crippen LogP contribution in [-0.2, 0) is 20.7 Å². The standard InChI is InChI=1S/C30H33N3O4S/c1-20-27(29(35)37-3)28(24-11-7-8-12-25(24)36-2)33-23(19-38-30(33)31-20)18-26(34)32-15-13-22(14-16-32)17-21-9-5-4-6-10-21/h4-12,19,22,28H,13-18H2,1-3H3/t28-/m1/s1. The molecule has 198 valence electrons. The Balaban J connectivity index is 1.33. The van der Waals surface area contributed by atoms with Crippen LogP contribution in [0, 0.1) is 5.92 Å². The lowest BCUT2D eigenvalue weighted by atomic mass is 9.90. The Morgan fingerprint density at radius 1 is 1.03 bits per heavy atom. The van der Waals surface area contributed by atoms with Crippen molar-refractivity contribution in [3.8, 4) is 5.75 Å². The minimum atomic E-state index is -0.503. The van der Waals surface area contributed by atoms with Gasteiger partial charge in [0, 0.05) is 24.4 Å². The Hall–Kier alpha value is -3.52. The maximum atomic E-state index is 13.5. The van der Waals surface area contributed by atoms with Crippen LogP contribution in [0.15, 0.2) is 82.0 Å². The zero-order valence-electron chi connectivity index (χ0n) is 22.1. The number of benzene rings is 2. The zero-order chi connectivity index (χ0) is 26.6. The summed E-state index contributed by atoms with van der Waals surface area (Å²) in [5, 5.41) is 2.73. The molecule has 0 bridgehead atoms. The largest absolute Gasteiger partial charge is 0.496 e. The Bertz CT molecular complexity index is 1300. The van der Waals surface area contributed by atoms with Crippen molar-refractivity contribution < 1.29 is 19.1 Å². The lowest BCUT2D eigenvalue weighted by Crippen LogP contribution is -2.41. The first-order valence-corrected chi connectivity index (χ1v) is 13.9. The fourth-order valence-electron chi connectivity index (χ4n) is 5.53. The molecule has 0 aromatic heterocycles. The number of esters is 1. The number of hydrogen-bond acceptors (Lipinski definition) is 7. The molecule has 2 aromatic rings. The lowest BCUT2D eigenvalue weighted by Gasteiger charge is -2.37. The Labute approximate surface area is 228 Å². The van der Waals surface area contributed by atoms with E-state index in [9.17, 15) is 9.59 Å². The number of carbonyl (C=O) groups is 2. The number of allylic oxidation sites excluding steroid dienone is 1. The van der Waals surface area contributed by atoms with Crippen LogP contribution in [0.3, 0.4) is 0 Å². The number of carbonyl (C=O) groups excluding carboxylic acids is 2. The second-order valence-corrected chi connectivity index (χ2v) is 10.7. The number of likely N-dealkylation sites (tertiary alicyclic amines) is 1. The third-order valence-corrected chi connectivity index (χ3v) is 8.39. The second-order valence-electron chi connectivity index (χ2n) is 9.82. The lowest BCUT2D eigenvalue weighted by molar-refractivity contribution is -0.136. The fourth-order valence-corrected chi connectivity index (χ4v) is 6.49. The molecule has 1 amide bonds. The highest BCUT2D eigenvalue weighted by Crippen LogP contribution is 2.47. The van der Waals surface area contributed by atoms with E-state index < -0.39 is 12.0 Å². The van der Waals surface area contributed by atoms with Crippen LogP contribution in [0.2, 0.25) is 0 Å². The van der Waals surface area contributed by atoms with Crippen LogP contribution in [0.4, 0.5) is 0 Å². The Morgan fingerprint density at radius 3 is 2.45 bits per heavy atom. The number of ether oxygens (including phenoxy) is 2. The molecule has 38 heavy (non-hydrogen) atoms. The molecule has 3 heterocycles. The van der Waals surface area contributed by atoms with E-state index in [-0.39, 0.29) is 12.3 Å². The quantitative estimate of drug-likeness (QED) is 0.451. The zero-order valence-corrected chi connectivity index (χ0v) is 22.9. The number of amidine groups is 1. The Morgan fingerprint density at radius 2 is 1.74 bits per heavy atom. The van der Waals surface area contributed by atoms with Gasteiger partial charge < -0.3 is 19.3 Å².